The van der Waals surface area contributed by atoms with Crippen molar-refractivity contribution in [2.45, 2.75) is 25.2 Å². The lowest BCUT2D eigenvalue weighted by molar-refractivity contribution is -0.274. The molecule has 1 aromatic carbocycles. The summed E-state index contributed by atoms with van der Waals surface area (Å²) in [6, 6.07) is 5.19. The maximum Gasteiger partial charge on any atom is 0.573 e. The van der Waals surface area contributed by atoms with Crippen LogP contribution in [0.2, 0.25) is 0 Å². The van der Waals surface area contributed by atoms with Crippen LogP contribution in [-0.4, -0.2) is 32.5 Å². The Labute approximate surface area is 124 Å². The number of hydrogen-bond donors (Lipinski definition) is 1. The van der Waals surface area contributed by atoms with Gasteiger partial charge in [0, 0.05) is 24.8 Å². The second-order valence-corrected chi connectivity index (χ2v) is 5.57. The van der Waals surface area contributed by atoms with Crippen molar-refractivity contribution < 1.29 is 17.9 Å². The fourth-order valence-corrected chi connectivity index (χ4v) is 2.77. The lowest BCUT2D eigenvalue weighted by Crippen LogP contribution is -2.41. The van der Waals surface area contributed by atoms with Crippen LogP contribution < -0.4 is 15.0 Å². The zero-order valence-electron chi connectivity index (χ0n) is 11.0. The molecule has 112 valence electrons. The van der Waals surface area contributed by atoms with Crippen molar-refractivity contribution in [3.05, 3.63) is 22.7 Å². The topological polar surface area (TPSA) is 24.5 Å². The first-order chi connectivity index (χ1) is 9.39. The summed E-state index contributed by atoms with van der Waals surface area (Å²) in [6.45, 7) is 1.77. The molecule has 7 heteroatoms. The van der Waals surface area contributed by atoms with Crippen LogP contribution in [0.15, 0.2) is 22.7 Å². The third kappa shape index (κ3) is 4.02. The lowest BCUT2D eigenvalue weighted by atomic mass is 10.0. The van der Waals surface area contributed by atoms with E-state index in [1.165, 1.54) is 6.07 Å². The van der Waals surface area contributed by atoms with Gasteiger partial charge in [0.15, 0.2) is 0 Å². The summed E-state index contributed by atoms with van der Waals surface area (Å²) in [7, 11) is 1.94. The summed E-state index contributed by atoms with van der Waals surface area (Å²) in [5, 5.41) is 3.24. The lowest BCUT2D eigenvalue weighted by Gasteiger charge is -2.33. The van der Waals surface area contributed by atoms with Gasteiger partial charge in [0.2, 0.25) is 0 Å². The Morgan fingerprint density at radius 2 is 1.95 bits per heavy atom. The molecule has 0 radical (unpaired) electrons. The molecule has 1 aliphatic rings. The normalized spacial score (nSPS) is 17.4. The highest BCUT2D eigenvalue weighted by Gasteiger charge is 2.32. The fourth-order valence-electron chi connectivity index (χ4n) is 2.32. The third-order valence-electron chi connectivity index (χ3n) is 3.41. The Balaban J connectivity index is 2.06. The Bertz CT molecular complexity index is 459. The Morgan fingerprint density at radius 1 is 1.30 bits per heavy atom. The molecule has 0 aliphatic carbocycles. The maximum absolute atomic E-state index is 12.2. The van der Waals surface area contributed by atoms with Gasteiger partial charge in [0.1, 0.15) is 5.75 Å². The van der Waals surface area contributed by atoms with Gasteiger partial charge in [-0.2, -0.15) is 0 Å². The van der Waals surface area contributed by atoms with E-state index in [9.17, 15) is 13.2 Å². The van der Waals surface area contributed by atoms with Crippen LogP contribution in [0.3, 0.4) is 0 Å². The summed E-state index contributed by atoms with van der Waals surface area (Å²) in [5.74, 6) is -0.216. The molecule has 3 nitrogen and oxygen atoms in total. The number of alkyl halides is 3. The Morgan fingerprint density at radius 3 is 2.45 bits per heavy atom. The second kappa shape index (κ2) is 6.22. The molecule has 1 heterocycles. The van der Waals surface area contributed by atoms with Gasteiger partial charge >= 0.3 is 6.36 Å². The fraction of sp³-hybridized carbons (Fsp3) is 0.538. The van der Waals surface area contributed by atoms with E-state index in [1.54, 1.807) is 12.1 Å². The molecule has 0 amide bonds. The van der Waals surface area contributed by atoms with Crippen molar-refractivity contribution in [2.75, 3.05) is 25.0 Å². The van der Waals surface area contributed by atoms with E-state index in [1.807, 2.05) is 7.05 Å². The van der Waals surface area contributed by atoms with E-state index < -0.39 is 6.36 Å². The molecule has 1 N–H and O–H groups in total. The average Bonchev–Trinajstić information content (AvgIpc) is 2.40. The molecule has 1 aliphatic heterocycles. The highest BCUT2D eigenvalue weighted by Crippen LogP contribution is 2.34. The standard InChI is InChI=1S/C13H16BrF3N2O/c1-18-9-4-6-19(7-5-9)10-2-3-12(11(14)8-10)20-13(15,16)17/h2-3,8-9,18H,4-7H2,1H3. The molecule has 0 spiro atoms. The smallest absolute Gasteiger partial charge is 0.405 e. The van der Waals surface area contributed by atoms with Gasteiger partial charge in [-0.15, -0.1) is 13.2 Å². The third-order valence-corrected chi connectivity index (χ3v) is 4.03. The van der Waals surface area contributed by atoms with Gasteiger partial charge in [-0.05, 0) is 54.0 Å². The average molecular weight is 353 g/mol. The van der Waals surface area contributed by atoms with Gasteiger partial charge in [0.05, 0.1) is 4.47 Å². The molecular formula is C13H16BrF3N2O. The van der Waals surface area contributed by atoms with Crippen LogP contribution in [0.1, 0.15) is 12.8 Å². The maximum atomic E-state index is 12.2. The minimum Gasteiger partial charge on any atom is -0.405 e. The van der Waals surface area contributed by atoms with Crippen LogP contribution in [0.4, 0.5) is 18.9 Å². The number of anilines is 1. The van der Waals surface area contributed by atoms with Gasteiger partial charge in [-0.3, -0.25) is 0 Å². The molecule has 1 aromatic rings. The minimum absolute atomic E-state index is 0.216. The molecule has 1 saturated heterocycles. The molecule has 2 rings (SSSR count). The van der Waals surface area contributed by atoms with Gasteiger partial charge in [-0.25, -0.2) is 0 Å². The van der Waals surface area contributed by atoms with E-state index >= 15 is 0 Å². The van der Waals surface area contributed by atoms with Gasteiger partial charge < -0.3 is 15.0 Å². The number of rotatable bonds is 3. The van der Waals surface area contributed by atoms with Crippen molar-refractivity contribution in [3.8, 4) is 5.75 Å². The van der Waals surface area contributed by atoms with Gasteiger partial charge in [-0.1, -0.05) is 0 Å². The van der Waals surface area contributed by atoms with E-state index in [2.05, 4.69) is 30.9 Å². The molecule has 20 heavy (non-hydrogen) atoms. The van der Waals surface area contributed by atoms with Crippen LogP contribution in [0.5, 0.6) is 5.75 Å². The summed E-state index contributed by atoms with van der Waals surface area (Å²) in [5.41, 5.74) is 0.904. The summed E-state index contributed by atoms with van der Waals surface area (Å²) >= 11 is 3.13. The number of hydrogen-bond acceptors (Lipinski definition) is 3. The quantitative estimate of drug-likeness (QED) is 0.900. The van der Waals surface area contributed by atoms with Crippen molar-refractivity contribution in [1.82, 2.24) is 5.32 Å². The van der Waals surface area contributed by atoms with Crippen LogP contribution in [0, 0.1) is 0 Å². The monoisotopic (exact) mass is 352 g/mol. The van der Waals surface area contributed by atoms with Crippen LogP contribution in [0.25, 0.3) is 0 Å². The van der Waals surface area contributed by atoms with E-state index in [0.717, 1.165) is 31.6 Å². The van der Waals surface area contributed by atoms with E-state index in [4.69, 9.17) is 0 Å². The number of halogens is 4. The Hall–Kier alpha value is -0.950. The van der Waals surface area contributed by atoms with Crippen molar-refractivity contribution >= 4 is 21.6 Å². The number of nitrogens with zero attached hydrogens (tertiary/aromatic N) is 1. The first-order valence-corrected chi connectivity index (χ1v) is 7.16. The van der Waals surface area contributed by atoms with E-state index in [-0.39, 0.29) is 5.75 Å². The number of nitrogens with one attached hydrogen (secondary N) is 1. The molecule has 0 atom stereocenters. The van der Waals surface area contributed by atoms with Crippen molar-refractivity contribution in [2.24, 2.45) is 0 Å². The predicted molar refractivity (Wildman–Crippen MR) is 75.1 cm³/mol. The second-order valence-electron chi connectivity index (χ2n) is 4.71. The number of benzene rings is 1. The largest absolute Gasteiger partial charge is 0.573 e. The first kappa shape index (κ1) is 15.4. The SMILES string of the molecule is CNC1CCN(c2ccc(OC(F)(F)F)c(Br)c2)CC1. The summed E-state index contributed by atoms with van der Waals surface area (Å²) < 4.78 is 40.8. The van der Waals surface area contributed by atoms with Crippen molar-refractivity contribution in [3.63, 3.8) is 0 Å². The number of piperidine rings is 1. The van der Waals surface area contributed by atoms with Crippen LogP contribution in [-0.2, 0) is 0 Å². The first-order valence-electron chi connectivity index (χ1n) is 6.36. The Kier molecular flexibility index (Phi) is 4.80. The highest BCUT2D eigenvalue weighted by atomic mass is 79.9. The summed E-state index contributed by atoms with van der Waals surface area (Å²) in [6.07, 6.45) is -2.63. The highest BCUT2D eigenvalue weighted by molar-refractivity contribution is 9.10. The molecule has 0 bridgehead atoms. The number of ether oxygens (including phenoxy) is 1. The van der Waals surface area contributed by atoms with Gasteiger partial charge in [0.25, 0.3) is 0 Å². The zero-order chi connectivity index (χ0) is 14.8. The molecule has 1 fully saturated rings. The summed E-state index contributed by atoms with van der Waals surface area (Å²) in [4.78, 5) is 2.16. The molecular weight excluding hydrogens is 337 g/mol. The van der Waals surface area contributed by atoms with E-state index in [0.29, 0.717) is 10.5 Å². The van der Waals surface area contributed by atoms with Crippen molar-refractivity contribution in [1.29, 1.82) is 0 Å². The minimum atomic E-state index is -4.67. The molecule has 0 unspecified atom stereocenters. The zero-order valence-corrected chi connectivity index (χ0v) is 12.6. The molecule has 0 saturated carbocycles. The molecule has 0 aromatic heterocycles. The van der Waals surface area contributed by atoms with Crippen LogP contribution >= 0.6 is 15.9 Å². The predicted octanol–water partition coefficient (Wildman–Crippen LogP) is 3.54.